The van der Waals surface area contributed by atoms with Crippen LogP contribution in [0.25, 0.3) is 6.08 Å². The normalized spacial score (nSPS) is 17.1. The van der Waals surface area contributed by atoms with E-state index < -0.39 is 17.8 Å². The molecule has 2 aromatic rings. The number of anilines is 1. The average molecular weight is 401 g/mol. The summed E-state index contributed by atoms with van der Waals surface area (Å²) in [5.74, 6) is -0.275. The Morgan fingerprint density at radius 3 is 2.61 bits per heavy atom. The van der Waals surface area contributed by atoms with Gasteiger partial charge in [0, 0.05) is 5.02 Å². The van der Waals surface area contributed by atoms with Gasteiger partial charge in [-0.05, 0) is 48.0 Å². The Bertz CT molecular complexity index is 1030. The van der Waals surface area contributed by atoms with E-state index in [2.05, 4.69) is 5.32 Å². The molecule has 0 radical (unpaired) electrons. The molecule has 0 saturated carbocycles. The van der Waals surface area contributed by atoms with Gasteiger partial charge in [0.2, 0.25) is 12.5 Å². The van der Waals surface area contributed by atoms with Crippen molar-refractivity contribution in [2.24, 2.45) is 0 Å². The average Bonchev–Trinajstić information content (AvgIpc) is 3.14. The number of methoxy groups -OCH3 is 1. The van der Waals surface area contributed by atoms with E-state index in [4.69, 9.17) is 25.8 Å². The summed E-state index contributed by atoms with van der Waals surface area (Å²) in [6.07, 6.45) is 1.36. The molecule has 0 spiro atoms. The molecule has 2 aliphatic rings. The molecule has 2 aliphatic heterocycles. The van der Waals surface area contributed by atoms with Crippen molar-refractivity contribution in [3.63, 3.8) is 0 Å². The standard InChI is InChI=1S/C19H13ClN2O6/c1-26-14-7-10(8-15-16(14)28-9-27-15)6-13-17(23)21-19(25)22(18(13)24)12-4-2-11(20)3-5-12/h2-8H,9H2,1H3,(H,21,23,25)/b13-6+. The van der Waals surface area contributed by atoms with Crippen molar-refractivity contribution >= 4 is 41.2 Å². The number of hydrogen-bond donors (Lipinski definition) is 1. The van der Waals surface area contributed by atoms with E-state index in [9.17, 15) is 14.4 Å². The SMILES string of the molecule is COc1cc(/C=C2\C(=O)NC(=O)N(c3ccc(Cl)cc3)C2=O)cc2c1OCO2. The Morgan fingerprint density at radius 1 is 1.14 bits per heavy atom. The van der Waals surface area contributed by atoms with Crippen LogP contribution in [-0.2, 0) is 9.59 Å². The zero-order valence-corrected chi connectivity index (χ0v) is 15.3. The van der Waals surface area contributed by atoms with Gasteiger partial charge in [-0.2, -0.15) is 0 Å². The summed E-state index contributed by atoms with van der Waals surface area (Å²) < 4.78 is 15.9. The third kappa shape index (κ3) is 3.03. The third-order valence-electron chi connectivity index (χ3n) is 4.18. The summed E-state index contributed by atoms with van der Waals surface area (Å²) in [5.41, 5.74) is 0.550. The Kier molecular flexibility index (Phi) is 4.40. The number of fused-ring (bicyclic) bond motifs is 1. The van der Waals surface area contributed by atoms with Crippen molar-refractivity contribution in [2.45, 2.75) is 0 Å². The van der Waals surface area contributed by atoms with Gasteiger partial charge in [0.15, 0.2) is 11.5 Å². The highest BCUT2D eigenvalue weighted by Crippen LogP contribution is 2.42. The molecular formula is C19H13ClN2O6. The summed E-state index contributed by atoms with van der Waals surface area (Å²) in [4.78, 5) is 38.2. The maximum Gasteiger partial charge on any atom is 0.335 e. The highest BCUT2D eigenvalue weighted by molar-refractivity contribution is 6.39. The van der Waals surface area contributed by atoms with E-state index in [1.165, 1.54) is 25.3 Å². The fourth-order valence-electron chi connectivity index (χ4n) is 2.88. The van der Waals surface area contributed by atoms with Crippen molar-refractivity contribution in [1.82, 2.24) is 5.32 Å². The Morgan fingerprint density at radius 2 is 1.89 bits per heavy atom. The first-order valence-corrected chi connectivity index (χ1v) is 8.50. The molecule has 1 saturated heterocycles. The number of urea groups is 1. The number of halogens is 1. The lowest BCUT2D eigenvalue weighted by Gasteiger charge is -2.26. The van der Waals surface area contributed by atoms with E-state index in [1.807, 2.05) is 0 Å². The quantitative estimate of drug-likeness (QED) is 0.629. The first-order chi connectivity index (χ1) is 13.5. The predicted octanol–water partition coefficient (Wildman–Crippen LogP) is 2.74. The van der Waals surface area contributed by atoms with E-state index in [0.29, 0.717) is 27.8 Å². The first kappa shape index (κ1) is 17.9. The second-order valence-corrected chi connectivity index (χ2v) is 6.33. The van der Waals surface area contributed by atoms with Gasteiger partial charge >= 0.3 is 6.03 Å². The molecule has 4 amide bonds. The van der Waals surface area contributed by atoms with Crippen LogP contribution in [0.4, 0.5) is 10.5 Å². The molecule has 0 unspecified atom stereocenters. The van der Waals surface area contributed by atoms with Crippen LogP contribution in [0.1, 0.15) is 5.56 Å². The fourth-order valence-corrected chi connectivity index (χ4v) is 3.01. The summed E-state index contributed by atoms with van der Waals surface area (Å²) in [6.45, 7) is 0.0456. The Hall–Kier alpha value is -3.52. The molecule has 0 aromatic heterocycles. The highest BCUT2D eigenvalue weighted by atomic mass is 35.5. The third-order valence-corrected chi connectivity index (χ3v) is 4.43. The number of nitrogens with one attached hydrogen (secondary N) is 1. The van der Waals surface area contributed by atoms with Crippen LogP contribution in [0.2, 0.25) is 5.02 Å². The summed E-state index contributed by atoms with van der Waals surface area (Å²) in [5, 5.41) is 2.61. The monoisotopic (exact) mass is 400 g/mol. The molecule has 0 bridgehead atoms. The molecule has 4 rings (SSSR count). The number of carbonyl (C=O) groups excluding carboxylic acids is 3. The molecule has 1 N–H and O–H groups in total. The number of imide groups is 2. The van der Waals surface area contributed by atoms with Crippen LogP contribution in [0, 0.1) is 0 Å². The molecule has 8 nitrogen and oxygen atoms in total. The minimum absolute atomic E-state index is 0.0456. The Labute approximate surface area is 164 Å². The highest BCUT2D eigenvalue weighted by Gasteiger charge is 2.37. The molecule has 2 aromatic carbocycles. The van der Waals surface area contributed by atoms with Crippen molar-refractivity contribution in [3.8, 4) is 17.2 Å². The van der Waals surface area contributed by atoms with E-state index in [1.54, 1.807) is 24.3 Å². The van der Waals surface area contributed by atoms with Gasteiger partial charge in [-0.3, -0.25) is 14.9 Å². The smallest absolute Gasteiger partial charge is 0.335 e. The van der Waals surface area contributed by atoms with Gasteiger partial charge in [0.05, 0.1) is 12.8 Å². The molecule has 2 heterocycles. The lowest BCUT2D eigenvalue weighted by molar-refractivity contribution is -0.122. The second-order valence-electron chi connectivity index (χ2n) is 5.89. The van der Waals surface area contributed by atoms with Crippen LogP contribution in [0.3, 0.4) is 0 Å². The first-order valence-electron chi connectivity index (χ1n) is 8.12. The van der Waals surface area contributed by atoms with Crippen LogP contribution in [0.5, 0.6) is 17.2 Å². The van der Waals surface area contributed by atoms with Gasteiger partial charge in [0.25, 0.3) is 11.8 Å². The van der Waals surface area contributed by atoms with Crippen LogP contribution >= 0.6 is 11.6 Å². The van der Waals surface area contributed by atoms with Crippen LogP contribution in [0.15, 0.2) is 42.0 Å². The molecule has 0 atom stereocenters. The Balaban J connectivity index is 1.74. The molecule has 28 heavy (non-hydrogen) atoms. The second kappa shape index (κ2) is 6.90. The summed E-state index contributed by atoms with van der Waals surface area (Å²) in [6, 6.07) is 8.48. The molecule has 1 fully saturated rings. The van der Waals surface area contributed by atoms with Crippen molar-refractivity contribution < 1.29 is 28.6 Å². The number of carbonyl (C=O) groups is 3. The van der Waals surface area contributed by atoms with Crippen molar-refractivity contribution in [1.29, 1.82) is 0 Å². The number of nitrogens with zero attached hydrogens (tertiary/aromatic N) is 1. The number of benzene rings is 2. The minimum atomic E-state index is -0.835. The molecular weight excluding hydrogens is 388 g/mol. The van der Waals surface area contributed by atoms with Gasteiger partial charge in [-0.25, -0.2) is 9.69 Å². The van der Waals surface area contributed by atoms with Gasteiger partial charge in [-0.15, -0.1) is 0 Å². The van der Waals surface area contributed by atoms with Crippen LogP contribution in [-0.4, -0.2) is 31.7 Å². The maximum absolute atomic E-state index is 12.9. The van der Waals surface area contributed by atoms with Gasteiger partial charge in [-0.1, -0.05) is 11.6 Å². The molecule has 142 valence electrons. The lowest BCUT2D eigenvalue weighted by Crippen LogP contribution is -2.54. The minimum Gasteiger partial charge on any atom is -0.493 e. The summed E-state index contributed by atoms with van der Waals surface area (Å²) >= 11 is 5.85. The largest absolute Gasteiger partial charge is 0.493 e. The fraction of sp³-hybridized carbons (Fsp3) is 0.105. The number of barbiturate groups is 1. The van der Waals surface area contributed by atoms with E-state index in [0.717, 1.165) is 4.90 Å². The van der Waals surface area contributed by atoms with Crippen molar-refractivity contribution in [2.75, 3.05) is 18.8 Å². The number of amides is 4. The van der Waals surface area contributed by atoms with E-state index in [-0.39, 0.29) is 18.1 Å². The lowest BCUT2D eigenvalue weighted by atomic mass is 10.1. The molecule has 9 heteroatoms. The number of ether oxygens (including phenoxy) is 3. The van der Waals surface area contributed by atoms with Crippen LogP contribution < -0.4 is 24.4 Å². The maximum atomic E-state index is 12.9. The number of hydrogen-bond acceptors (Lipinski definition) is 6. The number of rotatable bonds is 3. The van der Waals surface area contributed by atoms with Gasteiger partial charge < -0.3 is 14.2 Å². The van der Waals surface area contributed by atoms with Crippen molar-refractivity contribution in [3.05, 3.63) is 52.6 Å². The predicted molar refractivity (Wildman–Crippen MR) is 99.6 cm³/mol. The van der Waals surface area contributed by atoms with Gasteiger partial charge in [0.1, 0.15) is 5.57 Å². The topological polar surface area (TPSA) is 94.2 Å². The zero-order chi connectivity index (χ0) is 19.8. The zero-order valence-electron chi connectivity index (χ0n) is 14.5. The molecule has 0 aliphatic carbocycles. The summed E-state index contributed by atoms with van der Waals surface area (Å²) in [7, 11) is 1.47. The van der Waals surface area contributed by atoms with E-state index >= 15 is 0 Å².